The van der Waals surface area contributed by atoms with E-state index in [0.717, 1.165) is 0 Å². The molecule has 0 aliphatic heterocycles. The smallest absolute Gasteiger partial charge is 0.288 e. The van der Waals surface area contributed by atoms with E-state index in [0.29, 0.717) is 22.3 Å². The number of alkyl halides is 2. The highest BCUT2D eigenvalue weighted by atomic mass is 35.5. The number of anilines is 1. The Labute approximate surface area is 109 Å². The van der Waals surface area contributed by atoms with Gasteiger partial charge >= 0.3 is 0 Å². The largest absolute Gasteiger partial charge is 0.325 e. The third-order valence-electron chi connectivity index (χ3n) is 1.76. The van der Waals surface area contributed by atoms with Crippen LogP contribution in [0.2, 0.25) is 0 Å². The molecule has 0 saturated carbocycles. The molecule has 0 unspecified atom stereocenters. The van der Waals surface area contributed by atoms with Crippen LogP contribution in [0, 0.1) is 0 Å². The first kappa shape index (κ1) is 16.1. The van der Waals surface area contributed by atoms with Crippen LogP contribution in [-0.4, -0.2) is 17.7 Å². The topological polar surface area (TPSA) is 55.1 Å². The van der Waals surface area contributed by atoms with Gasteiger partial charge in [-0.05, 0) is 31.2 Å². The molecule has 0 fully saturated rings. The fraction of sp³-hybridized carbons (Fsp3) is 0.300. The summed E-state index contributed by atoms with van der Waals surface area (Å²) in [6.07, 6.45) is 0. The Morgan fingerprint density at radius 3 is 2.29 bits per heavy atom. The Morgan fingerprint density at radius 1 is 1.35 bits per heavy atom. The van der Waals surface area contributed by atoms with Crippen LogP contribution in [0.25, 0.3) is 0 Å². The highest BCUT2D eigenvalue weighted by Crippen LogP contribution is 2.26. The predicted octanol–water partition coefficient (Wildman–Crippen LogP) is 2.71. The number of hydrogen-bond donors (Lipinski definition) is 2. The van der Waals surface area contributed by atoms with Gasteiger partial charge in [0.1, 0.15) is 0 Å². The van der Waals surface area contributed by atoms with E-state index in [1.165, 1.54) is 12.1 Å². The Balaban J connectivity index is 0.00000256. The van der Waals surface area contributed by atoms with Crippen molar-refractivity contribution in [2.75, 3.05) is 5.32 Å². The second kappa shape index (κ2) is 7.47. The van der Waals surface area contributed by atoms with Crippen molar-refractivity contribution in [3.63, 3.8) is 0 Å². The van der Waals surface area contributed by atoms with Crippen molar-refractivity contribution in [2.24, 2.45) is 5.73 Å². The van der Waals surface area contributed by atoms with Gasteiger partial charge in [0.15, 0.2) is 0 Å². The summed E-state index contributed by atoms with van der Waals surface area (Å²) in [6, 6.07) is 5.56. The van der Waals surface area contributed by atoms with Gasteiger partial charge in [-0.25, -0.2) is 0 Å². The maximum atomic E-state index is 12.0. The second-order valence-electron chi connectivity index (χ2n) is 3.18. The minimum Gasteiger partial charge on any atom is -0.325 e. The fourth-order valence-electron chi connectivity index (χ4n) is 0.976. The monoisotopic (exact) mass is 282 g/mol. The van der Waals surface area contributed by atoms with Crippen LogP contribution in [0.1, 0.15) is 6.92 Å². The number of nitrogens with two attached hydrogens (primary N) is 1. The van der Waals surface area contributed by atoms with Crippen LogP contribution in [-0.2, 0) is 4.79 Å². The summed E-state index contributed by atoms with van der Waals surface area (Å²) in [5.74, 6) is -2.75. The highest BCUT2D eigenvalue weighted by molar-refractivity contribution is 7.99. The van der Waals surface area contributed by atoms with Crippen molar-refractivity contribution in [2.45, 2.75) is 23.6 Å². The molecule has 1 atom stereocenters. The molecule has 1 amide bonds. The van der Waals surface area contributed by atoms with Crippen molar-refractivity contribution in [3.05, 3.63) is 24.3 Å². The summed E-state index contributed by atoms with van der Waals surface area (Å²) < 4.78 is 24.0. The van der Waals surface area contributed by atoms with Crippen LogP contribution < -0.4 is 11.1 Å². The van der Waals surface area contributed by atoms with Crippen molar-refractivity contribution in [3.8, 4) is 0 Å². The zero-order valence-corrected chi connectivity index (χ0v) is 10.7. The van der Waals surface area contributed by atoms with Gasteiger partial charge in [-0.3, -0.25) is 4.79 Å². The van der Waals surface area contributed by atoms with E-state index >= 15 is 0 Å². The highest BCUT2D eigenvalue weighted by Gasteiger charge is 2.08. The Kier molecular flexibility index (Phi) is 7.10. The molecule has 1 aromatic carbocycles. The summed E-state index contributed by atoms with van der Waals surface area (Å²) >= 11 is 0.462. The van der Waals surface area contributed by atoms with Crippen LogP contribution in [0.4, 0.5) is 14.5 Å². The molecule has 1 rings (SSSR count). The quantitative estimate of drug-likeness (QED) is 0.835. The lowest BCUT2D eigenvalue weighted by atomic mass is 10.3. The number of thioether (sulfide) groups is 1. The molecule has 0 radical (unpaired) electrons. The maximum Gasteiger partial charge on any atom is 0.288 e. The van der Waals surface area contributed by atoms with Crippen molar-refractivity contribution >= 4 is 35.8 Å². The summed E-state index contributed by atoms with van der Waals surface area (Å²) in [6.45, 7) is 1.57. The number of benzene rings is 1. The number of carbonyl (C=O) groups excluding carboxylic acids is 1. The molecule has 0 aliphatic carbocycles. The van der Waals surface area contributed by atoms with E-state index in [1.807, 2.05) is 0 Å². The van der Waals surface area contributed by atoms with E-state index in [1.54, 1.807) is 19.1 Å². The first-order valence-electron chi connectivity index (χ1n) is 4.60. The van der Waals surface area contributed by atoms with Gasteiger partial charge in [0.25, 0.3) is 5.76 Å². The van der Waals surface area contributed by atoms with Crippen molar-refractivity contribution < 1.29 is 13.6 Å². The number of carbonyl (C=O) groups is 1. The normalized spacial score (nSPS) is 11.8. The number of rotatable bonds is 4. The number of halogens is 3. The van der Waals surface area contributed by atoms with Gasteiger partial charge in [-0.1, -0.05) is 11.8 Å². The molecule has 3 nitrogen and oxygen atoms in total. The molecular formula is C10H13ClF2N2OS. The standard InChI is InChI=1S/C10H12F2N2OS.ClH/c1-6(13)9(15)14-7-2-4-8(5-3-7)16-10(11)12;/h2-6,10H,13H2,1H3,(H,14,15);1H/t6-;/m1./s1. The molecule has 0 aromatic heterocycles. The second-order valence-corrected chi connectivity index (χ2v) is 4.24. The number of hydrogen-bond acceptors (Lipinski definition) is 3. The van der Waals surface area contributed by atoms with Crippen molar-refractivity contribution in [1.82, 2.24) is 0 Å². The molecule has 3 N–H and O–H groups in total. The third kappa shape index (κ3) is 5.86. The molecule has 1 aromatic rings. The average molecular weight is 283 g/mol. The maximum absolute atomic E-state index is 12.0. The zero-order chi connectivity index (χ0) is 12.1. The fourth-order valence-corrected chi connectivity index (χ4v) is 1.47. The molecule has 0 spiro atoms. The van der Waals surface area contributed by atoms with Gasteiger partial charge in [0, 0.05) is 10.6 Å². The van der Waals surface area contributed by atoms with E-state index < -0.39 is 11.8 Å². The molecule has 0 heterocycles. The summed E-state index contributed by atoms with van der Waals surface area (Å²) in [7, 11) is 0. The van der Waals surface area contributed by atoms with Gasteiger partial charge < -0.3 is 11.1 Å². The summed E-state index contributed by atoms with van der Waals surface area (Å²) in [4.78, 5) is 11.7. The van der Waals surface area contributed by atoms with Gasteiger partial charge in [0.05, 0.1) is 6.04 Å². The van der Waals surface area contributed by atoms with E-state index in [2.05, 4.69) is 5.32 Å². The Hall–Kier alpha value is -0.850. The van der Waals surface area contributed by atoms with Gasteiger partial charge in [-0.15, -0.1) is 12.4 Å². The minimum absolute atomic E-state index is 0. The molecule has 17 heavy (non-hydrogen) atoms. The molecule has 0 aliphatic rings. The summed E-state index contributed by atoms with van der Waals surface area (Å²) in [5, 5.41) is 2.56. The molecule has 96 valence electrons. The van der Waals surface area contributed by atoms with Gasteiger partial charge in [0.2, 0.25) is 5.91 Å². The minimum atomic E-state index is -2.44. The molecule has 0 saturated heterocycles. The van der Waals surface area contributed by atoms with Crippen LogP contribution in [0.5, 0.6) is 0 Å². The molecular weight excluding hydrogens is 270 g/mol. The predicted molar refractivity (Wildman–Crippen MR) is 67.8 cm³/mol. The zero-order valence-electron chi connectivity index (χ0n) is 9.02. The number of nitrogens with one attached hydrogen (secondary N) is 1. The lowest BCUT2D eigenvalue weighted by molar-refractivity contribution is -0.117. The lowest BCUT2D eigenvalue weighted by Gasteiger charge is -2.08. The van der Waals surface area contributed by atoms with E-state index in [4.69, 9.17) is 5.73 Å². The average Bonchev–Trinajstić information content (AvgIpc) is 2.20. The molecule has 0 bridgehead atoms. The first-order chi connectivity index (χ1) is 7.49. The van der Waals surface area contributed by atoms with Crippen LogP contribution in [0.3, 0.4) is 0 Å². The van der Waals surface area contributed by atoms with Crippen LogP contribution in [0.15, 0.2) is 29.2 Å². The van der Waals surface area contributed by atoms with Crippen LogP contribution >= 0.6 is 24.2 Å². The van der Waals surface area contributed by atoms with Gasteiger partial charge in [-0.2, -0.15) is 8.78 Å². The SMILES string of the molecule is C[C@@H](N)C(=O)Nc1ccc(SC(F)F)cc1.Cl. The Morgan fingerprint density at radius 2 is 1.88 bits per heavy atom. The van der Waals surface area contributed by atoms with Crippen molar-refractivity contribution in [1.29, 1.82) is 0 Å². The molecule has 7 heteroatoms. The van der Waals surface area contributed by atoms with E-state index in [-0.39, 0.29) is 18.3 Å². The Bertz CT molecular complexity index is 360. The third-order valence-corrected chi connectivity index (χ3v) is 2.48. The summed E-state index contributed by atoms with van der Waals surface area (Å²) in [5.41, 5.74) is 5.91. The lowest BCUT2D eigenvalue weighted by Crippen LogP contribution is -2.32. The first-order valence-corrected chi connectivity index (χ1v) is 5.48. The van der Waals surface area contributed by atoms with E-state index in [9.17, 15) is 13.6 Å². The number of amides is 1.